The van der Waals surface area contributed by atoms with Crippen molar-refractivity contribution in [2.45, 2.75) is 31.2 Å². The van der Waals surface area contributed by atoms with Gasteiger partial charge in [-0.3, -0.25) is 4.79 Å². The van der Waals surface area contributed by atoms with Crippen LogP contribution in [0.15, 0.2) is 24.3 Å². The average molecular weight is 307 g/mol. The number of carboxylic acid groups (broad SMARTS) is 1. The standard InChI is InChI=1S/C16H21NO5/c1-21-13-5-3-2-4-12(13)6-7-14(18)17-16(15(19)20)8-10-22-11-9-16/h2-5H,6-11H2,1H3,(H,17,18)(H,19,20). The average Bonchev–Trinajstić information content (AvgIpc) is 2.54. The molecule has 0 atom stereocenters. The zero-order chi connectivity index (χ0) is 16.0. The van der Waals surface area contributed by atoms with Crippen LogP contribution in [0.2, 0.25) is 0 Å². The Kier molecular flexibility index (Phi) is 5.38. The maximum absolute atomic E-state index is 12.1. The molecule has 0 spiro atoms. The maximum atomic E-state index is 12.1. The highest BCUT2D eigenvalue weighted by molar-refractivity contribution is 5.87. The van der Waals surface area contributed by atoms with E-state index in [2.05, 4.69) is 5.32 Å². The molecule has 1 aromatic carbocycles. The predicted molar refractivity (Wildman–Crippen MR) is 79.9 cm³/mol. The van der Waals surface area contributed by atoms with Crippen LogP contribution in [0.1, 0.15) is 24.8 Å². The lowest BCUT2D eigenvalue weighted by Crippen LogP contribution is -2.57. The lowest BCUT2D eigenvalue weighted by atomic mass is 9.90. The molecular weight excluding hydrogens is 286 g/mol. The molecule has 1 heterocycles. The number of rotatable bonds is 6. The van der Waals surface area contributed by atoms with Crippen molar-refractivity contribution in [2.75, 3.05) is 20.3 Å². The number of aliphatic carboxylic acids is 1. The molecule has 0 radical (unpaired) electrons. The van der Waals surface area contributed by atoms with E-state index in [9.17, 15) is 14.7 Å². The Hall–Kier alpha value is -2.08. The smallest absolute Gasteiger partial charge is 0.329 e. The molecule has 22 heavy (non-hydrogen) atoms. The highest BCUT2D eigenvalue weighted by Gasteiger charge is 2.41. The van der Waals surface area contributed by atoms with E-state index in [-0.39, 0.29) is 12.3 Å². The van der Waals surface area contributed by atoms with Gasteiger partial charge < -0.3 is 19.9 Å². The van der Waals surface area contributed by atoms with Crippen LogP contribution in [0.5, 0.6) is 5.75 Å². The van der Waals surface area contributed by atoms with Crippen LogP contribution in [0, 0.1) is 0 Å². The number of carboxylic acids is 1. The number of ether oxygens (including phenoxy) is 2. The van der Waals surface area contributed by atoms with Gasteiger partial charge in [-0.1, -0.05) is 18.2 Å². The van der Waals surface area contributed by atoms with Crippen molar-refractivity contribution in [3.05, 3.63) is 29.8 Å². The normalized spacial score (nSPS) is 16.8. The molecule has 1 aliphatic heterocycles. The molecule has 2 N–H and O–H groups in total. The Morgan fingerprint density at radius 2 is 2.00 bits per heavy atom. The molecule has 6 nitrogen and oxygen atoms in total. The van der Waals surface area contributed by atoms with E-state index in [1.807, 2.05) is 24.3 Å². The van der Waals surface area contributed by atoms with Gasteiger partial charge in [-0.05, 0) is 18.1 Å². The summed E-state index contributed by atoms with van der Waals surface area (Å²) < 4.78 is 10.4. The fraction of sp³-hybridized carbons (Fsp3) is 0.500. The first-order valence-electron chi connectivity index (χ1n) is 7.31. The topological polar surface area (TPSA) is 84.9 Å². The van der Waals surface area contributed by atoms with Crippen LogP contribution < -0.4 is 10.1 Å². The quantitative estimate of drug-likeness (QED) is 0.829. The third-order valence-corrected chi connectivity index (χ3v) is 3.95. The molecule has 120 valence electrons. The van der Waals surface area contributed by atoms with E-state index < -0.39 is 11.5 Å². The monoisotopic (exact) mass is 307 g/mol. The van der Waals surface area contributed by atoms with Gasteiger partial charge >= 0.3 is 5.97 Å². The van der Waals surface area contributed by atoms with E-state index >= 15 is 0 Å². The summed E-state index contributed by atoms with van der Waals surface area (Å²) in [7, 11) is 1.58. The highest BCUT2D eigenvalue weighted by Crippen LogP contribution is 2.22. The van der Waals surface area contributed by atoms with Crippen molar-refractivity contribution in [3.8, 4) is 5.75 Å². The number of aryl methyl sites for hydroxylation is 1. The molecule has 1 aromatic rings. The molecule has 1 saturated heterocycles. The Labute approximate surface area is 129 Å². The van der Waals surface area contributed by atoms with Crippen LogP contribution in [-0.2, 0) is 20.7 Å². The van der Waals surface area contributed by atoms with Crippen molar-refractivity contribution in [1.82, 2.24) is 5.32 Å². The molecule has 0 bridgehead atoms. The number of hydrogen-bond acceptors (Lipinski definition) is 4. The summed E-state index contributed by atoms with van der Waals surface area (Å²) in [5, 5.41) is 12.1. The van der Waals surface area contributed by atoms with Gasteiger partial charge in [0, 0.05) is 32.5 Å². The van der Waals surface area contributed by atoms with Gasteiger partial charge in [0.1, 0.15) is 11.3 Å². The fourth-order valence-corrected chi connectivity index (χ4v) is 2.60. The minimum Gasteiger partial charge on any atom is -0.496 e. The molecular formula is C16H21NO5. The van der Waals surface area contributed by atoms with Gasteiger partial charge in [-0.25, -0.2) is 4.79 Å². The Morgan fingerprint density at radius 1 is 1.32 bits per heavy atom. The number of carbonyl (C=O) groups is 2. The van der Waals surface area contributed by atoms with Gasteiger partial charge in [0.2, 0.25) is 5.91 Å². The number of benzene rings is 1. The van der Waals surface area contributed by atoms with Crippen molar-refractivity contribution in [2.24, 2.45) is 0 Å². The van der Waals surface area contributed by atoms with Crippen LogP contribution in [-0.4, -0.2) is 42.8 Å². The summed E-state index contributed by atoms with van der Waals surface area (Å²) in [6.45, 7) is 0.693. The number of amides is 1. The summed E-state index contributed by atoms with van der Waals surface area (Å²) in [5.41, 5.74) is -0.271. The number of carbonyl (C=O) groups excluding carboxylic acids is 1. The first-order chi connectivity index (χ1) is 10.6. The Bertz CT molecular complexity index is 537. The zero-order valence-corrected chi connectivity index (χ0v) is 12.6. The molecule has 6 heteroatoms. The molecule has 0 aliphatic carbocycles. The maximum Gasteiger partial charge on any atom is 0.329 e. The Morgan fingerprint density at radius 3 is 2.64 bits per heavy atom. The minimum absolute atomic E-state index is 0.219. The third kappa shape index (κ3) is 3.76. The van der Waals surface area contributed by atoms with E-state index in [1.54, 1.807) is 7.11 Å². The summed E-state index contributed by atoms with van der Waals surface area (Å²) in [4.78, 5) is 23.6. The lowest BCUT2D eigenvalue weighted by molar-refractivity contribution is -0.152. The van der Waals surface area contributed by atoms with Gasteiger partial charge in [0.25, 0.3) is 0 Å². The lowest BCUT2D eigenvalue weighted by Gasteiger charge is -2.33. The van der Waals surface area contributed by atoms with Crippen molar-refractivity contribution >= 4 is 11.9 Å². The number of para-hydroxylation sites is 1. The van der Waals surface area contributed by atoms with E-state index in [4.69, 9.17) is 9.47 Å². The van der Waals surface area contributed by atoms with E-state index in [0.717, 1.165) is 11.3 Å². The summed E-state index contributed by atoms with van der Waals surface area (Å²) >= 11 is 0. The van der Waals surface area contributed by atoms with E-state index in [1.165, 1.54) is 0 Å². The summed E-state index contributed by atoms with van der Waals surface area (Å²) in [6.07, 6.45) is 1.31. The molecule has 1 aliphatic rings. The number of methoxy groups -OCH3 is 1. The molecule has 0 saturated carbocycles. The Balaban J connectivity index is 1.95. The second-order valence-electron chi connectivity index (χ2n) is 5.36. The number of hydrogen-bond donors (Lipinski definition) is 2. The third-order valence-electron chi connectivity index (χ3n) is 3.95. The van der Waals surface area contributed by atoms with Crippen LogP contribution in [0.4, 0.5) is 0 Å². The number of nitrogens with one attached hydrogen (secondary N) is 1. The van der Waals surface area contributed by atoms with Crippen LogP contribution in [0.25, 0.3) is 0 Å². The zero-order valence-electron chi connectivity index (χ0n) is 12.6. The SMILES string of the molecule is COc1ccccc1CCC(=O)NC1(C(=O)O)CCOCC1. The molecule has 1 fully saturated rings. The van der Waals surface area contributed by atoms with E-state index in [0.29, 0.717) is 32.5 Å². The van der Waals surface area contributed by atoms with Crippen molar-refractivity contribution < 1.29 is 24.2 Å². The molecule has 0 aromatic heterocycles. The summed E-state index contributed by atoms with van der Waals surface area (Å²) in [5.74, 6) is -0.536. The predicted octanol–water partition coefficient (Wildman–Crippen LogP) is 1.38. The summed E-state index contributed by atoms with van der Waals surface area (Å²) in [6, 6.07) is 7.48. The molecule has 0 unspecified atom stereocenters. The van der Waals surface area contributed by atoms with Gasteiger partial charge in [-0.2, -0.15) is 0 Å². The fourth-order valence-electron chi connectivity index (χ4n) is 2.60. The van der Waals surface area contributed by atoms with Crippen LogP contribution in [0.3, 0.4) is 0 Å². The molecule has 1 amide bonds. The first-order valence-corrected chi connectivity index (χ1v) is 7.31. The van der Waals surface area contributed by atoms with Gasteiger partial charge in [-0.15, -0.1) is 0 Å². The second kappa shape index (κ2) is 7.26. The van der Waals surface area contributed by atoms with Crippen LogP contribution >= 0.6 is 0 Å². The van der Waals surface area contributed by atoms with Crippen molar-refractivity contribution in [3.63, 3.8) is 0 Å². The molecule has 2 rings (SSSR count). The minimum atomic E-state index is -1.20. The first kappa shape index (κ1) is 16.3. The second-order valence-corrected chi connectivity index (χ2v) is 5.36. The highest BCUT2D eigenvalue weighted by atomic mass is 16.5. The van der Waals surface area contributed by atoms with Gasteiger partial charge in [0.15, 0.2) is 0 Å². The van der Waals surface area contributed by atoms with Crippen molar-refractivity contribution in [1.29, 1.82) is 0 Å². The van der Waals surface area contributed by atoms with Gasteiger partial charge in [0.05, 0.1) is 7.11 Å². The largest absolute Gasteiger partial charge is 0.496 e.